The molecular weight excluding hydrogens is 350 g/mol. The molecule has 1 aromatic heterocycles. The number of benzene rings is 1. The van der Waals surface area contributed by atoms with Gasteiger partial charge in [0, 0.05) is 29.4 Å². The normalized spacial score (nSPS) is 17.2. The molecule has 1 unspecified atom stereocenters. The highest BCUT2D eigenvalue weighted by atomic mass is 32.1. The fraction of sp³-hybridized carbons (Fsp3) is 0.421. The minimum atomic E-state index is -0.581. The van der Waals surface area contributed by atoms with Crippen molar-refractivity contribution >= 4 is 29.0 Å². The van der Waals surface area contributed by atoms with Gasteiger partial charge < -0.3 is 10.1 Å². The van der Waals surface area contributed by atoms with Crippen LogP contribution in [0.1, 0.15) is 33.6 Å². The minimum absolute atomic E-state index is 0.190. The van der Waals surface area contributed by atoms with Crippen molar-refractivity contribution in [2.45, 2.75) is 45.3 Å². The van der Waals surface area contributed by atoms with Gasteiger partial charge in [-0.15, -0.1) is 11.3 Å². The van der Waals surface area contributed by atoms with E-state index in [1.165, 1.54) is 4.90 Å². The highest BCUT2D eigenvalue weighted by Crippen LogP contribution is 2.26. The number of hydrogen-bond acceptors (Lipinski definition) is 5. The molecule has 0 aliphatic carbocycles. The maximum atomic E-state index is 12.7. The minimum Gasteiger partial charge on any atom is -0.444 e. The van der Waals surface area contributed by atoms with Gasteiger partial charge in [0.25, 0.3) is 0 Å². The van der Waals surface area contributed by atoms with E-state index in [-0.39, 0.29) is 5.91 Å². The zero-order chi connectivity index (χ0) is 18.7. The molecule has 0 spiro atoms. The van der Waals surface area contributed by atoms with Crippen LogP contribution in [0.5, 0.6) is 0 Å². The lowest BCUT2D eigenvalue weighted by Crippen LogP contribution is -2.45. The fourth-order valence-electron chi connectivity index (χ4n) is 2.90. The summed E-state index contributed by atoms with van der Waals surface area (Å²) in [5, 5.41) is 5.74. The molecule has 6 nitrogen and oxygen atoms in total. The third-order valence-corrected chi connectivity index (χ3v) is 4.82. The van der Waals surface area contributed by atoms with E-state index in [1.54, 1.807) is 17.5 Å². The van der Waals surface area contributed by atoms with E-state index < -0.39 is 17.7 Å². The predicted molar refractivity (Wildman–Crippen MR) is 102 cm³/mol. The fourth-order valence-corrected chi connectivity index (χ4v) is 3.54. The predicted octanol–water partition coefficient (Wildman–Crippen LogP) is 4.15. The molecule has 0 radical (unpaired) electrons. The second-order valence-electron chi connectivity index (χ2n) is 7.24. The lowest BCUT2D eigenvalue weighted by molar-refractivity contribution is -0.120. The maximum absolute atomic E-state index is 12.7. The number of anilines is 1. The van der Waals surface area contributed by atoms with Crippen molar-refractivity contribution in [1.82, 2.24) is 9.88 Å². The molecule has 138 valence electrons. The number of carbonyl (C=O) groups excluding carboxylic acids is 2. The van der Waals surface area contributed by atoms with Gasteiger partial charge in [-0.2, -0.15) is 0 Å². The molecule has 1 atom stereocenters. The zero-order valence-corrected chi connectivity index (χ0v) is 16.0. The van der Waals surface area contributed by atoms with Crippen LogP contribution in [0.15, 0.2) is 35.8 Å². The Hall–Kier alpha value is -2.41. The van der Waals surface area contributed by atoms with Crippen molar-refractivity contribution in [3.63, 3.8) is 0 Å². The van der Waals surface area contributed by atoms with Crippen LogP contribution in [-0.4, -0.2) is 40.1 Å². The number of hydrogen-bond donors (Lipinski definition) is 1. The van der Waals surface area contributed by atoms with E-state index in [4.69, 9.17) is 4.74 Å². The van der Waals surface area contributed by atoms with Gasteiger partial charge in [0.15, 0.2) is 0 Å². The Kier molecular flexibility index (Phi) is 5.27. The third-order valence-electron chi connectivity index (χ3n) is 3.99. The molecule has 1 N–H and O–H groups in total. The Balaban J connectivity index is 1.69. The maximum Gasteiger partial charge on any atom is 0.410 e. The Morgan fingerprint density at radius 1 is 1.35 bits per heavy atom. The topological polar surface area (TPSA) is 71.5 Å². The van der Waals surface area contributed by atoms with E-state index in [0.29, 0.717) is 18.7 Å². The number of nitrogens with zero attached hydrogens (tertiary/aromatic N) is 2. The summed E-state index contributed by atoms with van der Waals surface area (Å²) >= 11 is 1.55. The number of likely N-dealkylation sites (tertiary alicyclic amines) is 1. The molecule has 1 aliphatic heterocycles. The first kappa shape index (κ1) is 18.4. The number of ether oxygens (including phenoxy) is 1. The molecule has 1 fully saturated rings. The van der Waals surface area contributed by atoms with Gasteiger partial charge in [-0.05, 0) is 45.7 Å². The molecule has 0 bridgehead atoms. The van der Waals surface area contributed by atoms with Crippen molar-refractivity contribution in [2.24, 2.45) is 0 Å². The molecule has 26 heavy (non-hydrogen) atoms. The molecule has 2 amide bonds. The highest BCUT2D eigenvalue weighted by molar-refractivity contribution is 7.13. The summed E-state index contributed by atoms with van der Waals surface area (Å²) in [5.74, 6) is -0.190. The molecule has 3 rings (SSSR count). The van der Waals surface area contributed by atoms with Crippen LogP contribution in [0.2, 0.25) is 0 Å². The number of rotatable bonds is 3. The van der Waals surface area contributed by atoms with Gasteiger partial charge in [0.2, 0.25) is 5.91 Å². The summed E-state index contributed by atoms with van der Waals surface area (Å²) in [5.41, 5.74) is 1.06. The van der Waals surface area contributed by atoms with Crippen LogP contribution < -0.4 is 5.32 Å². The summed E-state index contributed by atoms with van der Waals surface area (Å²) in [6.45, 7) is 5.99. The van der Waals surface area contributed by atoms with Crippen molar-refractivity contribution in [2.75, 3.05) is 11.9 Å². The molecule has 1 aromatic carbocycles. The number of amides is 2. The van der Waals surface area contributed by atoms with Crippen LogP contribution in [0.3, 0.4) is 0 Å². The third kappa shape index (κ3) is 4.40. The zero-order valence-electron chi connectivity index (χ0n) is 15.2. The van der Waals surface area contributed by atoms with Crippen LogP contribution in [-0.2, 0) is 9.53 Å². The Morgan fingerprint density at radius 3 is 2.85 bits per heavy atom. The van der Waals surface area contributed by atoms with E-state index in [2.05, 4.69) is 10.3 Å². The Bertz CT molecular complexity index is 784. The van der Waals surface area contributed by atoms with Gasteiger partial charge in [-0.1, -0.05) is 12.1 Å². The van der Waals surface area contributed by atoms with E-state index in [9.17, 15) is 9.59 Å². The molecule has 2 aromatic rings. The monoisotopic (exact) mass is 373 g/mol. The van der Waals surface area contributed by atoms with Gasteiger partial charge in [0.1, 0.15) is 16.7 Å². The van der Waals surface area contributed by atoms with Crippen LogP contribution in [0.4, 0.5) is 10.5 Å². The molecule has 0 saturated carbocycles. The molecular formula is C19H23N3O3S. The molecule has 1 saturated heterocycles. The van der Waals surface area contributed by atoms with Crippen molar-refractivity contribution in [3.8, 4) is 10.6 Å². The average Bonchev–Trinajstić information content (AvgIpc) is 3.25. The number of nitrogens with one attached hydrogen (secondary N) is 1. The summed E-state index contributed by atoms with van der Waals surface area (Å²) in [7, 11) is 0. The average molecular weight is 373 g/mol. The lowest BCUT2D eigenvalue weighted by atomic mass is 10.1. The quantitative estimate of drug-likeness (QED) is 0.877. The standard InChI is InChI=1S/C19H23N3O3S/c1-19(2,3)25-18(24)22-10-5-8-15(22)16(23)21-14-7-4-6-13(12-14)17-20-9-11-26-17/h4,6-7,9,11-12,15H,5,8,10H2,1-3H3,(H,21,23). The summed E-state index contributed by atoms with van der Waals surface area (Å²) < 4.78 is 5.42. The van der Waals surface area contributed by atoms with E-state index in [1.807, 2.05) is 50.4 Å². The Labute approximate surface area is 157 Å². The number of aromatic nitrogens is 1. The first-order chi connectivity index (χ1) is 12.3. The molecule has 7 heteroatoms. The largest absolute Gasteiger partial charge is 0.444 e. The van der Waals surface area contributed by atoms with Crippen LogP contribution in [0, 0.1) is 0 Å². The van der Waals surface area contributed by atoms with Gasteiger partial charge in [-0.3, -0.25) is 9.69 Å². The Morgan fingerprint density at radius 2 is 2.15 bits per heavy atom. The van der Waals surface area contributed by atoms with Crippen LogP contribution >= 0.6 is 11.3 Å². The second kappa shape index (κ2) is 7.45. The second-order valence-corrected chi connectivity index (χ2v) is 8.13. The molecule has 2 heterocycles. The summed E-state index contributed by atoms with van der Waals surface area (Å²) in [4.78, 5) is 30.9. The number of thiazole rings is 1. The van der Waals surface area contributed by atoms with Crippen LogP contribution in [0.25, 0.3) is 10.6 Å². The SMILES string of the molecule is CC(C)(C)OC(=O)N1CCCC1C(=O)Nc1cccc(-c2nccs2)c1. The number of carbonyl (C=O) groups is 2. The highest BCUT2D eigenvalue weighted by Gasteiger charge is 2.36. The van der Waals surface area contributed by atoms with Crippen molar-refractivity contribution in [1.29, 1.82) is 0 Å². The molecule has 1 aliphatic rings. The van der Waals surface area contributed by atoms with E-state index >= 15 is 0 Å². The van der Waals surface area contributed by atoms with Crippen molar-refractivity contribution < 1.29 is 14.3 Å². The van der Waals surface area contributed by atoms with E-state index in [0.717, 1.165) is 17.0 Å². The smallest absolute Gasteiger partial charge is 0.410 e. The summed E-state index contributed by atoms with van der Waals surface area (Å²) in [6, 6.07) is 7.06. The first-order valence-electron chi connectivity index (χ1n) is 8.64. The first-order valence-corrected chi connectivity index (χ1v) is 9.52. The lowest BCUT2D eigenvalue weighted by Gasteiger charge is -2.28. The van der Waals surface area contributed by atoms with Crippen molar-refractivity contribution in [3.05, 3.63) is 35.8 Å². The van der Waals surface area contributed by atoms with Gasteiger partial charge in [0.05, 0.1) is 0 Å². The van der Waals surface area contributed by atoms with Gasteiger partial charge in [-0.25, -0.2) is 9.78 Å². The van der Waals surface area contributed by atoms with Gasteiger partial charge >= 0.3 is 6.09 Å². The summed E-state index contributed by atoms with van der Waals surface area (Å²) in [6.07, 6.45) is 2.74.